The summed E-state index contributed by atoms with van der Waals surface area (Å²) in [5.41, 5.74) is 1.17. The first-order valence-corrected chi connectivity index (χ1v) is 7.04. The molecule has 2 N–H and O–H groups in total. The summed E-state index contributed by atoms with van der Waals surface area (Å²) in [7, 11) is 0. The Kier molecular flexibility index (Phi) is 5.91. The predicted octanol–water partition coefficient (Wildman–Crippen LogP) is 2.94. The lowest BCUT2D eigenvalue weighted by molar-refractivity contribution is 0.582. The van der Waals surface area contributed by atoms with Crippen molar-refractivity contribution in [3.8, 4) is 0 Å². The molecular formula is C12H23N3S. The largest absolute Gasteiger partial charge is 0.344 e. The van der Waals surface area contributed by atoms with Crippen LogP contribution in [0.1, 0.15) is 45.6 Å². The van der Waals surface area contributed by atoms with Gasteiger partial charge >= 0.3 is 0 Å². The summed E-state index contributed by atoms with van der Waals surface area (Å²) < 4.78 is 0. The first-order chi connectivity index (χ1) is 7.61. The molecule has 0 spiro atoms. The van der Waals surface area contributed by atoms with Gasteiger partial charge in [-0.05, 0) is 6.42 Å². The maximum atomic E-state index is 4.38. The monoisotopic (exact) mass is 241 g/mol. The average molecular weight is 241 g/mol. The van der Waals surface area contributed by atoms with Gasteiger partial charge in [0.2, 0.25) is 0 Å². The van der Waals surface area contributed by atoms with Crippen molar-refractivity contribution in [2.75, 3.05) is 0 Å². The molecule has 0 bridgehead atoms. The van der Waals surface area contributed by atoms with Crippen LogP contribution in [-0.2, 0) is 12.3 Å². The number of aromatic amines is 1. The summed E-state index contributed by atoms with van der Waals surface area (Å²) in [6, 6.07) is 0.515. The molecule has 0 fully saturated rings. The van der Waals surface area contributed by atoms with Crippen molar-refractivity contribution >= 4 is 11.8 Å². The van der Waals surface area contributed by atoms with Crippen LogP contribution >= 0.6 is 11.8 Å². The molecule has 16 heavy (non-hydrogen) atoms. The summed E-state index contributed by atoms with van der Waals surface area (Å²) in [5, 5.41) is 4.08. The molecule has 1 rings (SSSR count). The lowest BCUT2D eigenvalue weighted by Gasteiger charge is -2.06. The summed E-state index contributed by atoms with van der Waals surface area (Å²) in [5.74, 6) is 2.07. The molecule has 3 nitrogen and oxygen atoms in total. The fourth-order valence-corrected chi connectivity index (χ4v) is 2.05. The molecule has 0 radical (unpaired) electrons. The molecule has 1 aromatic rings. The molecule has 0 saturated heterocycles. The Bertz CT molecular complexity index is 296. The quantitative estimate of drug-likeness (QED) is 0.771. The molecule has 0 aliphatic rings. The smallest absolute Gasteiger partial charge is 0.116 e. The highest BCUT2D eigenvalue weighted by molar-refractivity contribution is 7.99. The third-order valence-corrected chi connectivity index (χ3v) is 3.80. The molecule has 1 aromatic heterocycles. The van der Waals surface area contributed by atoms with E-state index in [1.54, 1.807) is 0 Å². The minimum Gasteiger partial charge on any atom is -0.344 e. The SMILES string of the molecule is CCC(C)SCc1ncc(CNC(C)C)[nH]1. The van der Waals surface area contributed by atoms with E-state index in [-0.39, 0.29) is 0 Å². The van der Waals surface area contributed by atoms with E-state index in [0.29, 0.717) is 11.3 Å². The number of nitrogens with one attached hydrogen (secondary N) is 2. The Hall–Kier alpha value is -0.480. The van der Waals surface area contributed by atoms with Crippen LogP contribution in [0.5, 0.6) is 0 Å². The first kappa shape index (κ1) is 13.6. The summed E-state index contributed by atoms with van der Waals surface area (Å²) in [6.45, 7) is 9.65. The van der Waals surface area contributed by atoms with Crippen molar-refractivity contribution in [1.82, 2.24) is 15.3 Å². The average Bonchev–Trinajstić information content (AvgIpc) is 2.71. The Morgan fingerprint density at radius 2 is 2.19 bits per heavy atom. The zero-order valence-corrected chi connectivity index (χ0v) is 11.5. The molecule has 1 atom stereocenters. The molecule has 0 aliphatic heterocycles. The van der Waals surface area contributed by atoms with Crippen LogP contribution in [0.2, 0.25) is 0 Å². The molecule has 0 saturated carbocycles. The highest BCUT2D eigenvalue weighted by Crippen LogP contribution is 2.17. The lowest BCUT2D eigenvalue weighted by atomic mass is 10.4. The fourth-order valence-electron chi connectivity index (χ4n) is 1.22. The highest BCUT2D eigenvalue weighted by Gasteiger charge is 2.04. The highest BCUT2D eigenvalue weighted by atomic mass is 32.2. The number of rotatable bonds is 7. The summed E-state index contributed by atoms with van der Waals surface area (Å²) in [4.78, 5) is 7.74. The van der Waals surface area contributed by atoms with Gasteiger partial charge in [-0.15, -0.1) is 0 Å². The van der Waals surface area contributed by atoms with Crippen molar-refractivity contribution in [1.29, 1.82) is 0 Å². The van der Waals surface area contributed by atoms with E-state index < -0.39 is 0 Å². The molecule has 1 heterocycles. The molecule has 4 heteroatoms. The minimum absolute atomic E-state index is 0.515. The van der Waals surface area contributed by atoms with Gasteiger partial charge in [-0.3, -0.25) is 0 Å². The van der Waals surface area contributed by atoms with Crippen LogP contribution in [0.15, 0.2) is 6.20 Å². The van der Waals surface area contributed by atoms with E-state index >= 15 is 0 Å². The fraction of sp³-hybridized carbons (Fsp3) is 0.750. The second kappa shape index (κ2) is 6.97. The minimum atomic E-state index is 0.515. The summed E-state index contributed by atoms with van der Waals surface area (Å²) in [6.07, 6.45) is 3.15. The lowest BCUT2D eigenvalue weighted by Crippen LogP contribution is -2.21. The van der Waals surface area contributed by atoms with Gasteiger partial charge in [0.1, 0.15) is 5.82 Å². The van der Waals surface area contributed by atoms with E-state index in [9.17, 15) is 0 Å². The number of nitrogens with zero attached hydrogens (tertiary/aromatic N) is 1. The maximum absolute atomic E-state index is 4.38. The molecule has 0 aromatic carbocycles. The van der Waals surface area contributed by atoms with Gasteiger partial charge in [0.25, 0.3) is 0 Å². The van der Waals surface area contributed by atoms with Crippen LogP contribution in [0.25, 0.3) is 0 Å². The van der Waals surface area contributed by atoms with Crippen LogP contribution in [-0.4, -0.2) is 21.3 Å². The standard InChI is InChI=1S/C12H23N3S/c1-5-10(4)16-8-12-14-7-11(15-12)6-13-9(2)3/h7,9-10,13H,5-6,8H2,1-4H3,(H,14,15). The maximum Gasteiger partial charge on any atom is 0.116 e. The Balaban J connectivity index is 2.33. The van der Waals surface area contributed by atoms with Crippen LogP contribution in [0.4, 0.5) is 0 Å². The van der Waals surface area contributed by atoms with E-state index in [4.69, 9.17) is 0 Å². The molecular weight excluding hydrogens is 218 g/mol. The zero-order chi connectivity index (χ0) is 12.0. The van der Waals surface area contributed by atoms with Gasteiger partial charge in [0.15, 0.2) is 0 Å². The number of hydrogen-bond acceptors (Lipinski definition) is 3. The van der Waals surface area contributed by atoms with Crippen molar-refractivity contribution < 1.29 is 0 Å². The first-order valence-electron chi connectivity index (χ1n) is 5.99. The zero-order valence-electron chi connectivity index (χ0n) is 10.7. The Morgan fingerprint density at radius 3 is 2.81 bits per heavy atom. The molecule has 1 unspecified atom stereocenters. The number of thioether (sulfide) groups is 1. The van der Waals surface area contributed by atoms with Gasteiger partial charge in [-0.25, -0.2) is 4.98 Å². The Labute approximate surface area is 103 Å². The molecule has 92 valence electrons. The third-order valence-electron chi connectivity index (χ3n) is 2.46. The van der Waals surface area contributed by atoms with Gasteiger partial charge in [-0.1, -0.05) is 27.7 Å². The third kappa shape index (κ3) is 5.03. The Morgan fingerprint density at radius 1 is 1.44 bits per heavy atom. The van der Waals surface area contributed by atoms with Gasteiger partial charge in [0.05, 0.1) is 5.75 Å². The van der Waals surface area contributed by atoms with Crippen molar-refractivity contribution in [3.05, 3.63) is 17.7 Å². The van der Waals surface area contributed by atoms with Crippen molar-refractivity contribution in [2.24, 2.45) is 0 Å². The predicted molar refractivity (Wildman–Crippen MR) is 71.6 cm³/mol. The van der Waals surface area contributed by atoms with Crippen LogP contribution in [0, 0.1) is 0 Å². The number of aromatic nitrogens is 2. The number of imidazole rings is 1. The second-order valence-corrected chi connectivity index (χ2v) is 5.85. The second-order valence-electron chi connectivity index (χ2n) is 4.42. The van der Waals surface area contributed by atoms with Gasteiger partial charge in [-0.2, -0.15) is 11.8 Å². The normalized spacial score (nSPS) is 13.3. The van der Waals surface area contributed by atoms with E-state index in [1.165, 1.54) is 12.1 Å². The van der Waals surface area contributed by atoms with Crippen molar-refractivity contribution in [2.45, 2.75) is 57.7 Å². The van der Waals surface area contributed by atoms with Crippen molar-refractivity contribution in [3.63, 3.8) is 0 Å². The van der Waals surface area contributed by atoms with Gasteiger partial charge < -0.3 is 10.3 Å². The van der Waals surface area contributed by atoms with E-state index in [2.05, 4.69) is 43.0 Å². The number of hydrogen-bond donors (Lipinski definition) is 2. The van der Waals surface area contributed by atoms with Crippen LogP contribution < -0.4 is 5.32 Å². The molecule has 0 amide bonds. The summed E-state index contributed by atoms with van der Waals surface area (Å²) >= 11 is 1.95. The molecule has 0 aliphatic carbocycles. The van der Waals surface area contributed by atoms with E-state index in [0.717, 1.165) is 18.1 Å². The van der Waals surface area contributed by atoms with Crippen LogP contribution in [0.3, 0.4) is 0 Å². The number of H-pyrrole nitrogens is 1. The topological polar surface area (TPSA) is 40.7 Å². The van der Waals surface area contributed by atoms with Gasteiger partial charge in [0, 0.05) is 29.7 Å². The van der Waals surface area contributed by atoms with E-state index in [1.807, 2.05) is 18.0 Å².